The smallest absolute Gasteiger partial charge is 0.389 e. The van der Waals surface area contributed by atoms with Crippen molar-refractivity contribution in [2.45, 2.75) is 118 Å². The summed E-state index contributed by atoms with van der Waals surface area (Å²) in [5, 5.41) is 68.1. The Morgan fingerprint density at radius 1 is 0.880 bits per heavy atom. The lowest BCUT2D eigenvalue weighted by Gasteiger charge is -2.45. The van der Waals surface area contributed by atoms with Gasteiger partial charge >= 0.3 is 23.5 Å². The molecule has 2 aromatic rings. The zero-order valence-electron chi connectivity index (χ0n) is 39.8. The molecule has 2 amide bonds. The minimum Gasteiger partial charge on any atom is -0.389 e. The molecule has 40 heteroatoms. The highest BCUT2D eigenvalue weighted by Crippen LogP contribution is 2.61. The Hall–Kier alpha value is -2.56. The fourth-order valence-corrected chi connectivity index (χ4v) is 12.8. The highest BCUT2D eigenvalue weighted by molar-refractivity contribution is 8.00. The molecule has 5 rings (SSSR count). The first kappa shape index (κ1) is 63.3. The Bertz CT molecular complexity index is 2520. The number of aromatic nitrogens is 4. The van der Waals surface area contributed by atoms with E-state index in [1.807, 2.05) is 0 Å². The number of nitrogens with one attached hydrogen (secondary N) is 3. The van der Waals surface area contributed by atoms with Gasteiger partial charge in [0.15, 0.2) is 24.0 Å². The van der Waals surface area contributed by atoms with Crippen LogP contribution < -0.4 is 38.3 Å². The van der Waals surface area contributed by atoms with Crippen molar-refractivity contribution in [3.63, 3.8) is 0 Å². The number of nitrogens with zero attached hydrogens (tertiary/aromatic N) is 4. The molecular weight excluding hydrogens is 1120 g/mol. The van der Waals surface area contributed by atoms with Crippen LogP contribution in [0.5, 0.6) is 0 Å². The van der Waals surface area contributed by atoms with E-state index in [0.717, 1.165) is 29.0 Å². The number of thioether (sulfide) groups is 1. The molecule has 3 aliphatic rings. The van der Waals surface area contributed by atoms with Gasteiger partial charge in [0.2, 0.25) is 21.8 Å². The number of aliphatic hydroxyl groups is 6. The van der Waals surface area contributed by atoms with Gasteiger partial charge < -0.3 is 98.0 Å². The van der Waals surface area contributed by atoms with Crippen molar-refractivity contribution in [2.75, 3.05) is 55.8 Å². The van der Waals surface area contributed by atoms with Gasteiger partial charge in [-0.05, 0) is 6.42 Å². The maximum absolute atomic E-state index is 12.8. The molecule has 430 valence electrons. The van der Waals surface area contributed by atoms with E-state index in [4.69, 9.17) is 46.2 Å². The summed E-state index contributed by atoms with van der Waals surface area (Å²) in [6.07, 6.45) is -17.4. The lowest BCUT2D eigenvalue weighted by atomic mass is 9.84. The summed E-state index contributed by atoms with van der Waals surface area (Å²) >= 11 is 1.15. The molecule has 17 atom stereocenters. The van der Waals surface area contributed by atoms with E-state index in [-0.39, 0.29) is 54.4 Å². The molecule has 3 fully saturated rings. The van der Waals surface area contributed by atoms with Crippen molar-refractivity contribution in [1.29, 1.82) is 0 Å². The minimum absolute atomic E-state index is 0.00429. The minimum atomic E-state index is -5.63. The number of phosphoric ester groups is 3. The molecule has 1 aliphatic carbocycles. The second-order valence-electron chi connectivity index (χ2n) is 18.1. The predicted molar refractivity (Wildman–Crippen MR) is 255 cm³/mol. The monoisotopic (exact) mass is 1180 g/mol. The molecule has 35 nitrogen and oxygen atoms in total. The molecule has 0 aromatic carbocycles. The molecule has 0 spiro atoms. The lowest BCUT2D eigenvalue weighted by molar-refractivity contribution is -0.288. The zero-order chi connectivity index (χ0) is 56.0. The van der Waals surface area contributed by atoms with E-state index >= 15 is 0 Å². The average molecular weight is 1180 g/mol. The second-order valence-corrected chi connectivity index (χ2v) is 25.5. The molecule has 2 aliphatic heterocycles. The average Bonchev–Trinajstić information content (AvgIpc) is 3.88. The van der Waals surface area contributed by atoms with E-state index < -0.39 is 168 Å². The quantitative estimate of drug-likeness (QED) is 0.0292. The predicted octanol–water partition coefficient (Wildman–Crippen LogP) is -7.00. The van der Waals surface area contributed by atoms with Gasteiger partial charge in [0.05, 0.1) is 37.4 Å². The maximum Gasteiger partial charge on any atom is 0.481 e. The van der Waals surface area contributed by atoms with E-state index in [1.54, 1.807) is 0 Å². The Kier molecular flexibility index (Phi) is 22.1. The van der Waals surface area contributed by atoms with Crippen molar-refractivity contribution in [2.24, 2.45) is 22.6 Å². The van der Waals surface area contributed by atoms with Crippen LogP contribution in [0.1, 0.15) is 32.9 Å². The number of fused-ring (bicyclic) bond motifs is 1. The molecule has 2 aromatic heterocycles. The van der Waals surface area contributed by atoms with Crippen LogP contribution in [0.25, 0.3) is 11.2 Å². The molecule has 4 heterocycles. The number of anilines is 1. The van der Waals surface area contributed by atoms with Crippen LogP contribution in [-0.2, 0) is 65.4 Å². The molecule has 0 radical (unpaired) electrons. The summed E-state index contributed by atoms with van der Waals surface area (Å²) in [5.74, 6) is -1.75. The number of sulfonamides is 1. The largest absolute Gasteiger partial charge is 0.481 e. The third-order valence-electron chi connectivity index (χ3n) is 11.8. The SMILES string of the molecule is CC(C)(COP(=O)(O)OP(=O)(O)OC[C@H]1O[C@@H](n2cnc3c(N)ncnc32)[C@H](O)[C@@H]1OP(=O)(O)O)[C@@H](O)C(=O)NCCC(=O)NCCSCCS(=O)(=O)NC[C@H]1O[C@H](O[C@H]2[C@H](O)[C@@H](O)[C@H](N)C[C@@H]2N)[C@H](N)[C@@H](O)[C@@H]1O. The van der Waals surface area contributed by atoms with Gasteiger partial charge in [-0.2, -0.15) is 16.1 Å². The third-order valence-corrected chi connectivity index (χ3v) is 17.5. The first-order chi connectivity index (χ1) is 34.7. The van der Waals surface area contributed by atoms with E-state index in [2.05, 4.69) is 39.1 Å². The Balaban J connectivity index is 0.972. The number of nitrogens with two attached hydrogens (primary N) is 4. The van der Waals surface area contributed by atoms with Crippen LogP contribution >= 0.6 is 35.2 Å². The number of amides is 2. The van der Waals surface area contributed by atoms with Crippen LogP contribution in [0.2, 0.25) is 0 Å². The van der Waals surface area contributed by atoms with Crippen LogP contribution in [0.3, 0.4) is 0 Å². The number of imidazole rings is 1. The van der Waals surface area contributed by atoms with Gasteiger partial charge in [-0.3, -0.25) is 27.7 Å². The number of carbonyl (C=O) groups is 2. The number of carbonyl (C=O) groups excluding carboxylic acids is 2. The van der Waals surface area contributed by atoms with Gasteiger partial charge in [0.25, 0.3) is 0 Å². The van der Waals surface area contributed by atoms with Crippen molar-refractivity contribution >= 4 is 74.0 Å². The molecule has 2 unspecified atom stereocenters. The summed E-state index contributed by atoms with van der Waals surface area (Å²) < 4.78 is 101. The van der Waals surface area contributed by atoms with Crippen LogP contribution in [0.4, 0.5) is 5.82 Å². The van der Waals surface area contributed by atoms with Crippen molar-refractivity contribution in [3.05, 3.63) is 12.7 Å². The van der Waals surface area contributed by atoms with Gasteiger partial charge in [-0.15, -0.1) is 0 Å². The summed E-state index contributed by atoms with van der Waals surface area (Å²) in [6, 6.07) is -3.02. The Morgan fingerprint density at radius 2 is 1.56 bits per heavy atom. The number of hydrogen-bond donors (Lipinski definition) is 17. The summed E-state index contributed by atoms with van der Waals surface area (Å²) in [4.78, 5) is 76.3. The number of rotatable bonds is 27. The van der Waals surface area contributed by atoms with Crippen molar-refractivity contribution in [1.82, 2.24) is 34.9 Å². The maximum atomic E-state index is 12.8. The number of hydrogen-bond acceptors (Lipinski definition) is 28. The van der Waals surface area contributed by atoms with Gasteiger partial charge in [-0.1, -0.05) is 13.8 Å². The highest BCUT2D eigenvalue weighted by atomic mass is 32.2. The number of phosphoric acid groups is 3. The summed E-state index contributed by atoms with van der Waals surface area (Å²) in [6.45, 7) is -0.433. The lowest BCUT2D eigenvalue weighted by Crippen LogP contribution is -2.67. The van der Waals surface area contributed by atoms with Gasteiger partial charge in [0.1, 0.15) is 66.8 Å². The fraction of sp³-hybridized carbons (Fsp3) is 0.800. The molecule has 75 heavy (non-hydrogen) atoms. The molecular formula is C35H64N11O24P3S2. The van der Waals surface area contributed by atoms with Gasteiger partial charge in [-0.25, -0.2) is 41.8 Å². The molecule has 0 bridgehead atoms. The van der Waals surface area contributed by atoms with E-state index in [0.29, 0.717) is 0 Å². The zero-order valence-corrected chi connectivity index (χ0v) is 44.1. The normalized spacial score (nSPS) is 31.9. The first-order valence-corrected chi connectivity index (χ1v) is 29.8. The first-order valence-electron chi connectivity index (χ1n) is 22.5. The number of ether oxygens (including phenoxy) is 3. The number of aliphatic hydroxyl groups excluding tert-OH is 6. The van der Waals surface area contributed by atoms with Crippen LogP contribution in [0, 0.1) is 5.41 Å². The third kappa shape index (κ3) is 17.5. The summed E-state index contributed by atoms with van der Waals surface area (Å²) in [5.41, 5.74) is 21.9. The van der Waals surface area contributed by atoms with E-state index in [1.165, 1.54) is 13.8 Å². The van der Waals surface area contributed by atoms with E-state index in [9.17, 15) is 81.9 Å². The topological polar surface area (TPSA) is 570 Å². The van der Waals surface area contributed by atoms with Crippen molar-refractivity contribution < 1.29 is 114 Å². The summed E-state index contributed by atoms with van der Waals surface area (Å²) in [7, 11) is -20.5. The van der Waals surface area contributed by atoms with Gasteiger partial charge in [0, 0.05) is 55.1 Å². The Labute approximate surface area is 431 Å². The second kappa shape index (κ2) is 26.1. The highest BCUT2D eigenvalue weighted by Gasteiger charge is 2.51. The fourth-order valence-electron chi connectivity index (χ4n) is 7.62. The Morgan fingerprint density at radius 3 is 2.24 bits per heavy atom. The standard InChI is InChI=1S/C35H64N11O24P3S2/c1-35(2,12-65-73(60,61)70-72(58,59)64-11-18-28(69-71(55,56)57)26(52)33(66-18)46-14-44-21-30(39)42-13-43-31(21)46)29(53)32(54)41-4-3-19(47)40-5-6-74-7-8-75(62,63)45-10-17-23(49)24(50)20(38)34(67-17)68-27-16(37)9-15(36)22(48)25(27)51/h13-18,20,22-29,33-34,45,48-53H,3-12,36-38H2,1-2H3,(H,40,47)(H,41,54)(H,58,59)(H,60,61)(H2,39,42,43)(H2,55,56,57)/t15-,16+,17-,18-,20-,22+,23-,24-,25-,26-,27-,28-,29+,33-,34-/m1/s1. The van der Waals surface area contributed by atoms with Crippen molar-refractivity contribution in [3.8, 4) is 0 Å². The number of nitrogen functional groups attached to an aromatic ring is 1. The van der Waals surface area contributed by atoms with Crippen LogP contribution in [0.15, 0.2) is 12.7 Å². The molecule has 2 saturated heterocycles. The molecule has 1 saturated carbocycles. The molecule has 21 N–H and O–H groups in total. The van der Waals surface area contributed by atoms with Crippen LogP contribution in [-0.4, -0.2) is 226 Å².